The van der Waals surface area contributed by atoms with Gasteiger partial charge >= 0.3 is 0 Å². The quantitative estimate of drug-likeness (QED) is 0.573. The highest BCUT2D eigenvalue weighted by Gasteiger charge is 2.13. The number of hydrogen-bond donors (Lipinski definition) is 1. The molecule has 0 amide bonds. The summed E-state index contributed by atoms with van der Waals surface area (Å²) in [7, 11) is 1.83. The van der Waals surface area contributed by atoms with Crippen LogP contribution in [0.1, 0.15) is 47.2 Å². The van der Waals surface area contributed by atoms with Crippen molar-refractivity contribution in [1.29, 1.82) is 0 Å². The first kappa shape index (κ1) is 19.0. The maximum absolute atomic E-state index is 4.44. The Kier molecular flexibility index (Phi) is 6.58. The topological polar surface area (TPSA) is 24.4 Å². The van der Waals surface area contributed by atoms with Gasteiger partial charge < -0.3 is 5.32 Å². The molecular weight excluding hydrogens is 304 g/mol. The molecule has 0 spiro atoms. The Balaban J connectivity index is 2.24. The van der Waals surface area contributed by atoms with E-state index in [2.05, 4.69) is 74.1 Å². The van der Waals surface area contributed by atoms with E-state index in [1.165, 1.54) is 33.4 Å². The van der Waals surface area contributed by atoms with Crippen molar-refractivity contribution in [2.45, 2.75) is 47.0 Å². The molecule has 0 aliphatic carbocycles. The fourth-order valence-corrected chi connectivity index (χ4v) is 3.18. The number of nitrogens with zero attached hydrogens (tertiary/aromatic N) is 1. The predicted molar refractivity (Wildman–Crippen MR) is 110 cm³/mol. The highest BCUT2D eigenvalue weighted by Crippen LogP contribution is 2.21. The Morgan fingerprint density at radius 3 is 2.20 bits per heavy atom. The molecule has 132 valence electrons. The molecule has 1 N–H and O–H groups in total. The molecule has 0 aromatic heterocycles. The lowest BCUT2D eigenvalue weighted by molar-refractivity contribution is 0.942. The van der Waals surface area contributed by atoms with Crippen LogP contribution in [0, 0.1) is 13.8 Å². The van der Waals surface area contributed by atoms with Crippen LogP contribution in [-0.4, -0.2) is 12.9 Å². The normalized spacial score (nSPS) is 11.5. The lowest BCUT2D eigenvalue weighted by atomic mass is 9.93. The van der Waals surface area contributed by atoms with Crippen LogP contribution in [0.2, 0.25) is 0 Å². The molecule has 2 aromatic rings. The number of nitrogens with one attached hydrogen (secondary N) is 1. The number of rotatable bonds is 6. The summed E-state index contributed by atoms with van der Waals surface area (Å²) in [6.45, 7) is 12.4. The Morgan fingerprint density at radius 2 is 1.64 bits per heavy atom. The molecule has 0 aliphatic rings. The summed E-state index contributed by atoms with van der Waals surface area (Å²) in [6, 6.07) is 13.4. The molecule has 25 heavy (non-hydrogen) atoms. The fourth-order valence-electron chi connectivity index (χ4n) is 3.18. The van der Waals surface area contributed by atoms with Gasteiger partial charge in [-0.15, -0.1) is 0 Å². The lowest BCUT2D eigenvalue weighted by Gasteiger charge is -2.17. The molecular formula is C23H30N2. The van der Waals surface area contributed by atoms with E-state index < -0.39 is 0 Å². The molecule has 0 saturated heterocycles. The fraction of sp³-hybridized carbons (Fsp3) is 0.348. The summed E-state index contributed by atoms with van der Waals surface area (Å²) in [5, 5.41) is 3.30. The summed E-state index contributed by atoms with van der Waals surface area (Å²) >= 11 is 0. The third kappa shape index (κ3) is 4.82. The molecule has 0 saturated carbocycles. The Bertz CT molecular complexity index is 767. The molecule has 0 aliphatic heterocycles. The SMILES string of the molecule is C=C(C)NC(=NC)c1c(C)ccc(CCc2ccc(CC)cc2)c1C. The van der Waals surface area contributed by atoms with E-state index in [1.807, 2.05) is 14.0 Å². The number of benzene rings is 2. The van der Waals surface area contributed by atoms with Crippen LogP contribution >= 0.6 is 0 Å². The minimum absolute atomic E-state index is 0.900. The lowest BCUT2D eigenvalue weighted by Crippen LogP contribution is -2.24. The zero-order valence-corrected chi connectivity index (χ0v) is 16.2. The van der Waals surface area contributed by atoms with E-state index in [-0.39, 0.29) is 0 Å². The molecule has 0 bridgehead atoms. The van der Waals surface area contributed by atoms with Gasteiger partial charge in [0, 0.05) is 18.3 Å². The molecule has 0 fully saturated rings. The summed E-state index contributed by atoms with van der Waals surface area (Å²) in [6.07, 6.45) is 3.18. The van der Waals surface area contributed by atoms with Crippen molar-refractivity contribution in [2.24, 2.45) is 4.99 Å². The number of hydrogen-bond acceptors (Lipinski definition) is 1. The summed E-state index contributed by atoms with van der Waals surface area (Å²) in [4.78, 5) is 4.44. The molecule has 0 heterocycles. The van der Waals surface area contributed by atoms with Crippen LogP contribution in [0.3, 0.4) is 0 Å². The molecule has 2 nitrogen and oxygen atoms in total. The second-order valence-corrected chi connectivity index (χ2v) is 6.69. The standard InChI is InChI=1S/C23H30N2/c1-7-19-9-11-20(12-10-19)13-15-21-14-8-17(4)22(18(21)5)23(24-6)25-16(2)3/h8-12,14H,2,7,13,15H2,1,3-6H3,(H,24,25). The zero-order valence-electron chi connectivity index (χ0n) is 16.2. The van der Waals surface area contributed by atoms with E-state index in [0.29, 0.717) is 0 Å². The van der Waals surface area contributed by atoms with Crippen molar-refractivity contribution in [1.82, 2.24) is 5.32 Å². The van der Waals surface area contributed by atoms with Crippen molar-refractivity contribution < 1.29 is 0 Å². The second kappa shape index (κ2) is 8.66. The van der Waals surface area contributed by atoms with Gasteiger partial charge in [0.2, 0.25) is 0 Å². The van der Waals surface area contributed by atoms with E-state index >= 15 is 0 Å². The monoisotopic (exact) mass is 334 g/mol. The van der Waals surface area contributed by atoms with Crippen molar-refractivity contribution in [3.05, 3.63) is 82.1 Å². The number of aliphatic imine (C=N–C) groups is 1. The Morgan fingerprint density at radius 1 is 1.00 bits per heavy atom. The smallest absolute Gasteiger partial charge is 0.132 e. The van der Waals surface area contributed by atoms with Crippen molar-refractivity contribution in [3.8, 4) is 0 Å². The summed E-state index contributed by atoms with van der Waals surface area (Å²) in [5.74, 6) is 0.900. The largest absolute Gasteiger partial charge is 0.344 e. The maximum atomic E-state index is 4.44. The summed E-state index contributed by atoms with van der Waals surface area (Å²) in [5.41, 5.74) is 8.81. The van der Waals surface area contributed by atoms with Crippen LogP contribution in [0.5, 0.6) is 0 Å². The number of allylic oxidation sites excluding steroid dienone is 1. The van der Waals surface area contributed by atoms with Gasteiger partial charge in [0.25, 0.3) is 0 Å². The van der Waals surface area contributed by atoms with E-state index in [1.54, 1.807) is 0 Å². The van der Waals surface area contributed by atoms with Gasteiger partial charge in [-0.2, -0.15) is 0 Å². The average Bonchev–Trinajstić information content (AvgIpc) is 2.60. The third-order valence-corrected chi connectivity index (χ3v) is 4.69. The average molecular weight is 335 g/mol. The van der Waals surface area contributed by atoms with Crippen LogP contribution in [0.4, 0.5) is 0 Å². The van der Waals surface area contributed by atoms with E-state index in [9.17, 15) is 0 Å². The highest BCUT2D eigenvalue weighted by atomic mass is 15.0. The second-order valence-electron chi connectivity index (χ2n) is 6.69. The van der Waals surface area contributed by atoms with Gasteiger partial charge in [-0.3, -0.25) is 4.99 Å². The van der Waals surface area contributed by atoms with Crippen LogP contribution in [0.15, 0.2) is 53.7 Å². The van der Waals surface area contributed by atoms with Crippen LogP contribution < -0.4 is 5.32 Å². The number of amidine groups is 1. The molecule has 2 aromatic carbocycles. The van der Waals surface area contributed by atoms with Gasteiger partial charge in [-0.05, 0) is 67.9 Å². The molecule has 2 heteroatoms. The van der Waals surface area contributed by atoms with Gasteiger partial charge in [-0.25, -0.2) is 0 Å². The molecule has 2 rings (SSSR count). The van der Waals surface area contributed by atoms with Gasteiger partial charge in [0.1, 0.15) is 5.84 Å². The first-order chi connectivity index (χ1) is 12.0. The Labute approximate surface area is 152 Å². The van der Waals surface area contributed by atoms with Crippen molar-refractivity contribution in [2.75, 3.05) is 7.05 Å². The van der Waals surface area contributed by atoms with E-state index in [4.69, 9.17) is 0 Å². The zero-order chi connectivity index (χ0) is 18.4. The highest BCUT2D eigenvalue weighted by molar-refractivity contribution is 6.02. The third-order valence-electron chi connectivity index (χ3n) is 4.69. The Hall–Kier alpha value is -2.35. The van der Waals surface area contributed by atoms with Crippen LogP contribution in [-0.2, 0) is 19.3 Å². The first-order valence-corrected chi connectivity index (χ1v) is 9.02. The van der Waals surface area contributed by atoms with Gasteiger partial charge in [0.05, 0.1) is 0 Å². The predicted octanol–water partition coefficient (Wildman–Crippen LogP) is 5.15. The van der Waals surface area contributed by atoms with Crippen molar-refractivity contribution >= 4 is 5.84 Å². The molecule has 0 radical (unpaired) electrons. The van der Waals surface area contributed by atoms with Gasteiger partial charge in [0.15, 0.2) is 0 Å². The maximum Gasteiger partial charge on any atom is 0.132 e. The minimum atomic E-state index is 0.900. The summed E-state index contributed by atoms with van der Waals surface area (Å²) < 4.78 is 0. The molecule has 0 unspecified atom stereocenters. The number of aryl methyl sites for hydroxylation is 4. The van der Waals surface area contributed by atoms with Crippen LogP contribution in [0.25, 0.3) is 0 Å². The van der Waals surface area contributed by atoms with Gasteiger partial charge in [-0.1, -0.05) is 49.9 Å². The van der Waals surface area contributed by atoms with Crippen molar-refractivity contribution in [3.63, 3.8) is 0 Å². The first-order valence-electron chi connectivity index (χ1n) is 9.02. The molecule has 0 atom stereocenters. The van der Waals surface area contributed by atoms with E-state index in [0.717, 1.165) is 30.8 Å². The minimum Gasteiger partial charge on any atom is -0.344 e.